The largest absolute Gasteiger partial charge is 0.481 e. The van der Waals surface area contributed by atoms with Crippen molar-refractivity contribution in [2.24, 2.45) is 17.3 Å². The van der Waals surface area contributed by atoms with Crippen LogP contribution >= 0.6 is 0 Å². The smallest absolute Gasteiger partial charge is 0.303 e. The van der Waals surface area contributed by atoms with Crippen LogP contribution in [0.3, 0.4) is 0 Å². The van der Waals surface area contributed by atoms with E-state index in [0.29, 0.717) is 23.7 Å². The number of likely N-dealkylation sites (tertiary alicyclic amines) is 1. The minimum Gasteiger partial charge on any atom is -0.481 e. The first-order valence-electron chi connectivity index (χ1n) is 7.83. The van der Waals surface area contributed by atoms with E-state index in [4.69, 9.17) is 5.11 Å². The first-order valence-corrected chi connectivity index (χ1v) is 7.83. The standard InChI is InChI=1S/C16H29NO2/c1-12(9-15(18)19)13-5-4-8-17(11-13)14-6-7-16(2,3)10-14/h12-14H,4-11H2,1-3H3,(H,18,19). The summed E-state index contributed by atoms with van der Waals surface area (Å²) in [7, 11) is 0. The number of carboxylic acids is 1. The number of carboxylic acid groups (broad SMARTS) is 1. The quantitative estimate of drug-likeness (QED) is 0.849. The molecule has 2 aliphatic rings. The molecule has 2 rings (SSSR count). The van der Waals surface area contributed by atoms with Gasteiger partial charge in [-0.05, 0) is 55.9 Å². The molecule has 0 aromatic heterocycles. The first-order chi connectivity index (χ1) is 8.87. The molecular formula is C16H29NO2. The first kappa shape index (κ1) is 14.8. The third-order valence-electron chi connectivity index (χ3n) is 5.25. The van der Waals surface area contributed by atoms with E-state index in [0.717, 1.165) is 12.6 Å². The van der Waals surface area contributed by atoms with E-state index in [1.807, 2.05) is 0 Å². The van der Waals surface area contributed by atoms with Gasteiger partial charge >= 0.3 is 5.97 Å². The monoisotopic (exact) mass is 267 g/mol. The van der Waals surface area contributed by atoms with Gasteiger partial charge in [0.05, 0.1) is 0 Å². The van der Waals surface area contributed by atoms with Gasteiger partial charge in [-0.2, -0.15) is 0 Å². The van der Waals surface area contributed by atoms with Crippen molar-refractivity contribution >= 4 is 5.97 Å². The topological polar surface area (TPSA) is 40.5 Å². The summed E-state index contributed by atoms with van der Waals surface area (Å²) in [6, 6.07) is 0.745. The van der Waals surface area contributed by atoms with E-state index >= 15 is 0 Å². The van der Waals surface area contributed by atoms with Crippen LogP contribution in [0.5, 0.6) is 0 Å². The highest BCUT2D eigenvalue weighted by Gasteiger charge is 2.36. The van der Waals surface area contributed by atoms with Crippen molar-refractivity contribution in [1.29, 1.82) is 0 Å². The fourth-order valence-electron chi connectivity index (χ4n) is 3.99. The molecule has 0 radical (unpaired) electrons. The zero-order valence-corrected chi connectivity index (χ0v) is 12.7. The molecule has 19 heavy (non-hydrogen) atoms. The summed E-state index contributed by atoms with van der Waals surface area (Å²) in [5.74, 6) is 0.245. The summed E-state index contributed by atoms with van der Waals surface area (Å²) >= 11 is 0. The van der Waals surface area contributed by atoms with Crippen molar-refractivity contribution < 1.29 is 9.90 Å². The van der Waals surface area contributed by atoms with E-state index in [-0.39, 0.29) is 0 Å². The van der Waals surface area contributed by atoms with Gasteiger partial charge in [0.2, 0.25) is 0 Å². The summed E-state index contributed by atoms with van der Waals surface area (Å²) in [6.45, 7) is 9.20. The molecule has 3 unspecified atom stereocenters. The number of hydrogen-bond acceptors (Lipinski definition) is 2. The van der Waals surface area contributed by atoms with Crippen molar-refractivity contribution in [1.82, 2.24) is 4.90 Å². The maximum atomic E-state index is 10.9. The van der Waals surface area contributed by atoms with E-state index in [1.54, 1.807) is 0 Å². The second kappa shape index (κ2) is 5.82. The molecule has 1 aliphatic carbocycles. The number of nitrogens with zero attached hydrogens (tertiary/aromatic N) is 1. The number of carbonyl (C=O) groups is 1. The van der Waals surface area contributed by atoms with E-state index in [1.165, 1.54) is 38.6 Å². The Morgan fingerprint density at radius 2 is 2.16 bits per heavy atom. The molecule has 110 valence electrons. The lowest BCUT2D eigenvalue weighted by Gasteiger charge is -2.39. The van der Waals surface area contributed by atoms with Gasteiger partial charge in [-0.25, -0.2) is 0 Å². The number of aliphatic carboxylic acids is 1. The minimum absolute atomic E-state index is 0.315. The van der Waals surface area contributed by atoms with Crippen LogP contribution in [-0.2, 0) is 4.79 Å². The summed E-state index contributed by atoms with van der Waals surface area (Å²) < 4.78 is 0. The minimum atomic E-state index is -0.647. The fourth-order valence-corrected chi connectivity index (χ4v) is 3.99. The van der Waals surface area contributed by atoms with Gasteiger partial charge in [0.1, 0.15) is 0 Å². The van der Waals surface area contributed by atoms with Crippen LogP contribution in [0.1, 0.15) is 59.3 Å². The number of hydrogen-bond donors (Lipinski definition) is 1. The Labute approximate surface area is 117 Å². The van der Waals surface area contributed by atoms with Crippen LogP contribution in [0.25, 0.3) is 0 Å². The third-order valence-corrected chi connectivity index (χ3v) is 5.25. The lowest BCUT2D eigenvalue weighted by atomic mass is 9.84. The lowest BCUT2D eigenvalue weighted by Crippen LogP contribution is -2.43. The Balaban J connectivity index is 1.88. The molecule has 3 heteroatoms. The molecule has 1 heterocycles. The number of rotatable bonds is 4. The molecule has 3 nitrogen and oxygen atoms in total. The summed E-state index contributed by atoms with van der Waals surface area (Å²) in [6.07, 6.45) is 6.75. The van der Waals surface area contributed by atoms with Gasteiger partial charge in [0.15, 0.2) is 0 Å². The summed E-state index contributed by atoms with van der Waals surface area (Å²) in [5.41, 5.74) is 0.504. The zero-order valence-electron chi connectivity index (χ0n) is 12.7. The molecule has 1 aliphatic heterocycles. The molecule has 1 N–H and O–H groups in total. The van der Waals surface area contributed by atoms with Crippen molar-refractivity contribution in [3.63, 3.8) is 0 Å². The van der Waals surface area contributed by atoms with E-state index in [2.05, 4.69) is 25.7 Å². The Morgan fingerprint density at radius 3 is 2.74 bits per heavy atom. The Hall–Kier alpha value is -0.570. The Bertz CT molecular complexity index is 327. The molecule has 1 saturated carbocycles. The van der Waals surface area contributed by atoms with Gasteiger partial charge in [0.25, 0.3) is 0 Å². The second-order valence-electron chi connectivity index (χ2n) is 7.53. The predicted octanol–water partition coefficient (Wildman–Crippen LogP) is 3.39. The molecule has 0 amide bonds. The maximum Gasteiger partial charge on any atom is 0.303 e. The zero-order chi connectivity index (χ0) is 14.0. The van der Waals surface area contributed by atoms with Crippen LogP contribution in [0.2, 0.25) is 0 Å². The third kappa shape index (κ3) is 3.95. The van der Waals surface area contributed by atoms with Crippen molar-refractivity contribution in [2.75, 3.05) is 13.1 Å². The van der Waals surface area contributed by atoms with Crippen molar-refractivity contribution in [3.8, 4) is 0 Å². The van der Waals surface area contributed by atoms with Gasteiger partial charge in [-0.1, -0.05) is 20.8 Å². The molecule has 0 aromatic rings. The maximum absolute atomic E-state index is 10.9. The molecule has 2 fully saturated rings. The molecular weight excluding hydrogens is 238 g/mol. The molecule has 0 aromatic carbocycles. The van der Waals surface area contributed by atoms with Gasteiger partial charge in [-0.15, -0.1) is 0 Å². The Kier molecular flexibility index (Phi) is 4.54. The normalized spacial score (nSPS) is 33.2. The van der Waals surface area contributed by atoms with Crippen LogP contribution < -0.4 is 0 Å². The van der Waals surface area contributed by atoms with Crippen LogP contribution in [-0.4, -0.2) is 35.1 Å². The highest BCUT2D eigenvalue weighted by Crippen LogP contribution is 2.41. The SMILES string of the molecule is CC(CC(=O)O)C1CCCN(C2CCC(C)(C)C2)C1. The average Bonchev–Trinajstić information content (AvgIpc) is 2.69. The van der Waals surface area contributed by atoms with E-state index in [9.17, 15) is 4.79 Å². The molecule has 1 saturated heterocycles. The summed E-state index contributed by atoms with van der Waals surface area (Å²) in [4.78, 5) is 13.5. The fraction of sp³-hybridized carbons (Fsp3) is 0.938. The molecule has 0 spiro atoms. The lowest BCUT2D eigenvalue weighted by molar-refractivity contribution is -0.138. The van der Waals surface area contributed by atoms with E-state index < -0.39 is 5.97 Å². The van der Waals surface area contributed by atoms with Crippen molar-refractivity contribution in [2.45, 2.75) is 65.3 Å². The van der Waals surface area contributed by atoms with Crippen molar-refractivity contribution in [3.05, 3.63) is 0 Å². The van der Waals surface area contributed by atoms with Gasteiger partial charge < -0.3 is 10.0 Å². The van der Waals surface area contributed by atoms with Gasteiger partial charge in [-0.3, -0.25) is 4.79 Å². The highest BCUT2D eigenvalue weighted by atomic mass is 16.4. The number of piperidine rings is 1. The second-order valence-corrected chi connectivity index (χ2v) is 7.53. The molecule has 3 atom stereocenters. The summed E-state index contributed by atoms with van der Waals surface area (Å²) in [5, 5.41) is 8.95. The van der Waals surface area contributed by atoms with Gasteiger partial charge in [0, 0.05) is 19.0 Å². The molecule has 0 bridgehead atoms. The Morgan fingerprint density at radius 1 is 1.42 bits per heavy atom. The van der Waals surface area contributed by atoms with Crippen LogP contribution in [0.15, 0.2) is 0 Å². The highest BCUT2D eigenvalue weighted by molar-refractivity contribution is 5.67. The van der Waals surface area contributed by atoms with Crippen LogP contribution in [0.4, 0.5) is 0 Å². The van der Waals surface area contributed by atoms with Crippen LogP contribution in [0, 0.1) is 17.3 Å². The average molecular weight is 267 g/mol. The predicted molar refractivity (Wildman–Crippen MR) is 77.1 cm³/mol.